The number of halogens is 3. The van der Waals surface area contributed by atoms with Gasteiger partial charge >= 0.3 is 6.18 Å². The summed E-state index contributed by atoms with van der Waals surface area (Å²) in [5.41, 5.74) is -0.605. The van der Waals surface area contributed by atoms with E-state index < -0.39 is 22.9 Å². The van der Waals surface area contributed by atoms with Crippen LogP contribution in [0.3, 0.4) is 0 Å². The van der Waals surface area contributed by atoms with Gasteiger partial charge in [0, 0.05) is 36.7 Å². The standard InChI is InChI=1S/C29H32F3N5O3/c30-29(31,32)22-5-2-20(3-6-22)17-40-18-25(38)27(12-15-33-19-27)37-23-8-10-28(39,11-9-23)24-7-4-21(16-36-24)26-34-13-1-14-35-26/h1-7,13-14,16,23,33,37,39H,8-12,15,17-19H2/t23?,27-,28?/m0/s1. The molecule has 0 amide bonds. The Morgan fingerprint density at radius 1 is 1.05 bits per heavy atom. The van der Waals surface area contributed by atoms with E-state index in [0.29, 0.717) is 62.3 Å². The van der Waals surface area contributed by atoms with Crippen LogP contribution in [-0.2, 0) is 27.9 Å². The molecule has 8 nitrogen and oxygen atoms in total. The fourth-order valence-corrected chi connectivity index (χ4v) is 5.46. The van der Waals surface area contributed by atoms with Crippen LogP contribution >= 0.6 is 0 Å². The van der Waals surface area contributed by atoms with Crippen molar-refractivity contribution in [3.8, 4) is 11.4 Å². The van der Waals surface area contributed by atoms with E-state index in [1.54, 1.807) is 24.7 Å². The van der Waals surface area contributed by atoms with Crippen LogP contribution in [0.5, 0.6) is 0 Å². The first kappa shape index (κ1) is 28.3. The van der Waals surface area contributed by atoms with Crippen molar-refractivity contribution in [3.05, 3.63) is 77.9 Å². The number of aliphatic hydroxyl groups is 1. The highest BCUT2D eigenvalue weighted by Crippen LogP contribution is 2.37. The van der Waals surface area contributed by atoms with E-state index in [0.717, 1.165) is 17.7 Å². The molecule has 3 N–H and O–H groups in total. The van der Waals surface area contributed by atoms with Crippen molar-refractivity contribution in [2.45, 2.75) is 62.1 Å². The summed E-state index contributed by atoms with van der Waals surface area (Å²) in [6, 6.07) is 10.2. The fourth-order valence-electron chi connectivity index (χ4n) is 5.46. The van der Waals surface area contributed by atoms with Crippen molar-refractivity contribution in [2.75, 3.05) is 19.7 Å². The van der Waals surface area contributed by atoms with Crippen LogP contribution in [0.25, 0.3) is 11.4 Å². The minimum absolute atomic E-state index is 0.0380. The molecule has 0 spiro atoms. The van der Waals surface area contributed by atoms with E-state index in [1.807, 2.05) is 12.1 Å². The second-order valence-electron chi connectivity index (χ2n) is 10.6. The average molecular weight is 556 g/mol. The summed E-state index contributed by atoms with van der Waals surface area (Å²) in [5.74, 6) is 0.482. The predicted octanol–water partition coefficient (Wildman–Crippen LogP) is 3.80. The van der Waals surface area contributed by atoms with Gasteiger partial charge in [0.25, 0.3) is 0 Å². The third kappa shape index (κ3) is 6.38. The van der Waals surface area contributed by atoms with E-state index in [2.05, 4.69) is 25.6 Å². The zero-order chi connectivity index (χ0) is 28.2. The molecule has 2 aliphatic rings. The number of carbonyl (C=O) groups is 1. The quantitative estimate of drug-likeness (QED) is 0.366. The van der Waals surface area contributed by atoms with Crippen molar-refractivity contribution >= 4 is 5.78 Å². The molecular formula is C29H32F3N5O3. The number of hydrogen-bond donors (Lipinski definition) is 3. The summed E-state index contributed by atoms with van der Waals surface area (Å²) >= 11 is 0. The van der Waals surface area contributed by atoms with E-state index in [1.165, 1.54) is 12.1 Å². The van der Waals surface area contributed by atoms with Crippen LogP contribution < -0.4 is 10.6 Å². The van der Waals surface area contributed by atoms with E-state index in [9.17, 15) is 23.1 Å². The SMILES string of the molecule is O=C(COCc1ccc(C(F)(F)F)cc1)[C@]1(NC2CCC(O)(c3ccc(-c4ncccn4)cn3)CC2)CCNC1. The van der Waals surface area contributed by atoms with Gasteiger partial charge in [0.05, 0.1) is 23.4 Å². The molecule has 1 aliphatic carbocycles. The normalized spacial score (nSPS) is 25.1. The van der Waals surface area contributed by atoms with Crippen LogP contribution in [0, 0.1) is 0 Å². The number of nitrogens with one attached hydrogen (secondary N) is 2. The highest BCUT2D eigenvalue weighted by atomic mass is 19.4. The van der Waals surface area contributed by atoms with Gasteiger partial charge in [0.1, 0.15) is 12.2 Å². The maximum absolute atomic E-state index is 13.3. The lowest BCUT2D eigenvalue weighted by atomic mass is 9.78. The molecule has 5 rings (SSSR count). The Morgan fingerprint density at radius 2 is 1.77 bits per heavy atom. The van der Waals surface area contributed by atoms with Crippen LogP contribution in [0.15, 0.2) is 61.1 Å². The Balaban J connectivity index is 1.14. The largest absolute Gasteiger partial charge is 0.416 e. The van der Waals surface area contributed by atoms with Crippen molar-refractivity contribution < 1.29 is 27.8 Å². The zero-order valence-electron chi connectivity index (χ0n) is 22.0. The number of Topliss-reactive ketones (excluding diaryl/α,β-unsaturated/α-hetero) is 1. The molecule has 2 fully saturated rings. The fraction of sp³-hybridized carbons (Fsp3) is 0.448. The van der Waals surface area contributed by atoms with Gasteiger partial charge in [-0.1, -0.05) is 12.1 Å². The maximum atomic E-state index is 13.3. The Labute approximate surface area is 230 Å². The Kier molecular flexibility index (Phi) is 8.27. The second-order valence-corrected chi connectivity index (χ2v) is 10.6. The topological polar surface area (TPSA) is 109 Å². The van der Waals surface area contributed by atoms with Crippen molar-refractivity contribution in [3.63, 3.8) is 0 Å². The minimum Gasteiger partial charge on any atom is -0.384 e. The lowest BCUT2D eigenvalue weighted by Crippen LogP contribution is -2.59. The summed E-state index contributed by atoms with van der Waals surface area (Å²) in [4.78, 5) is 26.2. The molecule has 40 heavy (non-hydrogen) atoms. The van der Waals surface area contributed by atoms with Crippen LogP contribution in [0.1, 0.15) is 48.9 Å². The maximum Gasteiger partial charge on any atom is 0.416 e. The monoisotopic (exact) mass is 555 g/mol. The first-order chi connectivity index (χ1) is 19.2. The highest BCUT2D eigenvalue weighted by molar-refractivity contribution is 5.90. The smallest absolute Gasteiger partial charge is 0.384 e. The number of alkyl halides is 3. The number of nitrogens with zero attached hydrogens (tertiary/aromatic N) is 3. The molecule has 3 aromatic rings. The van der Waals surface area contributed by atoms with Crippen molar-refractivity contribution in [1.82, 2.24) is 25.6 Å². The molecule has 0 bridgehead atoms. The molecule has 1 saturated carbocycles. The van der Waals surface area contributed by atoms with Gasteiger partial charge in [-0.25, -0.2) is 9.97 Å². The summed E-state index contributed by atoms with van der Waals surface area (Å²) in [5, 5.41) is 18.2. The number of ether oxygens (including phenoxy) is 1. The van der Waals surface area contributed by atoms with Gasteiger partial charge in [-0.05, 0) is 74.5 Å². The molecular weight excluding hydrogens is 523 g/mol. The highest BCUT2D eigenvalue weighted by Gasteiger charge is 2.44. The number of hydrogen-bond acceptors (Lipinski definition) is 8. The van der Waals surface area contributed by atoms with Gasteiger partial charge in [-0.2, -0.15) is 13.2 Å². The molecule has 1 saturated heterocycles. The second kappa shape index (κ2) is 11.7. The number of carbonyl (C=O) groups excluding carboxylic acids is 1. The third-order valence-electron chi connectivity index (χ3n) is 7.83. The van der Waals surface area contributed by atoms with Gasteiger partial charge in [0.15, 0.2) is 11.6 Å². The van der Waals surface area contributed by atoms with Gasteiger partial charge in [-0.15, -0.1) is 0 Å². The molecule has 0 unspecified atom stereocenters. The van der Waals surface area contributed by atoms with Gasteiger partial charge < -0.3 is 20.5 Å². The van der Waals surface area contributed by atoms with Gasteiger partial charge in [0.2, 0.25) is 0 Å². The van der Waals surface area contributed by atoms with Crippen molar-refractivity contribution in [2.24, 2.45) is 0 Å². The number of pyridine rings is 1. The minimum atomic E-state index is -4.39. The number of rotatable bonds is 9. The molecule has 0 radical (unpaired) electrons. The summed E-state index contributed by atoms with van der Waals surface area (Å²) in [7, 11) is 0. The number of benzene rings is 1. The van der Waals surface area contributed by atoms with E-state index in [4.69, 9.17) is 4.74 Å². The van der Waals surface area contributed by atoms with Crippen LogP contribution in [0.4, 0.5) is 13.2 Å². The summed E-state index contributed by atoms with van der Waals surface area (Å²) in [6.45, 7) is 1.07. The molecule has 11 heteroatoms. The number of aromatic nitrogens is 3. The number of ketones is 1. The molecule has 1 aliphatic heterocycles. The molecule has 1 aromatic carbocycles. The zero-order valence-corrected chi connectivity index (χ0v) is 22.0. The third-order valence-corrected chi connectivity index (χ3v) is 7.83. The van der Waals surface area contributed by atoms with Crippen molar-refractivity contribution in [1.29, 1.82) is 0 Å². The van der Waals surface area contributed by atoms with E-state index in [-0.39, 0.29) is 25.0 Å². The van der Waals surface area contributed by atoms with Crippen LogP contribution in [-0.4, -0.2) is 57.1 Å². The average Bonchev–Trinajstić information content (AvgIpc) is 3.44. The lowest BCUT2D eigenvalue weighted by Gasteiger charge is -2.40. The predicted molar refractivity (Wildman–Crippen MR) is 141 cm³/mol. The Morgan fingerprint density at radius 3 is 2.38 bits per heavy atom. The molecule has 212 valence electrons. The Bertz CT molecular complexity index is 1270. The first-order valence-electron chi connectivity index (χ1n) is 13.4. The summed E-state index contributed by atoms with van der Waals surface area (Å²) in [6.07, 6.45) is 3.57. The van der Waals surface area contributed by atoms with E-state index >= 15 is 0 Å². The summed E-state index contributed by atoms with van der Waals surface area (Å²) < 4.78 is 43.9. The van der Waals surface area contributed by atoms with Crippen LogP contribution in [0.2, 0.25) is 0 Å². The first-order valence-corrected chi connectivity index (χ1v) is 13.4. The molecule has 2 aromatic heterocycles. The lowest BCUT2D eigenvalue weighted by molar-refractivity contribution is -0.137. The molecule has 3 heterocycles. The molecule has 1 atom stereocenters. The Hall–Kier alpha value is -3.25. The van der Waals surface area contributed by atoms with Gasteiger partial charge in [-0.3, -0.25) is 9.78 Å².